The highest BCUT2D eigenvalue weighted by atomic mass is 19.1. The molecule has 0 unspecified atom stereocenters. The Hall–Kier alpha value is -3.32. The quantitative estimate of drug-likeness (QED) is 0.379. The zero-order chi connectivity index (χ0) is 22.7. The number of nitriles is 1. The SMILES string of the molecule is CCCCC1=Cc2ccc(-c3ccc(CCc4cc(F)c(C#N)c(F)c4)c(F)c3)cc2C1. The minimum atomic E-state index is -0.887. The van der Waals surface area contributed by atoms with Crippen LogP contribution in [-0.2, 0) is 19.3 Å². The zero-order valence-electron chi connectivity index (χ0n) is 18.0. The molecule has 32 heavy (non-hydrogen) atoms. The molecule has 0 spiro atoms. The second kappa shape index (κ2) is 9.44. The average molecular weight is 432 g/mol. The lowest BCUT2D eigenvalue weighted by Gasteiger charge is -2.09. The lowest BCUT2D eigenvalue weighted by atomic mass is 9.97. The Balaban J connectivity index is 1.47. The molecule has 1 nitrogen and oxygen atoms in total. The topological polar surface area (TPSA) is 23.8 Å². The summed E-state index contributed by atoms with van der Waals surface area (Å²) in [6, 6.07) is 15.2. The van der Waals surface area contributed by atoms with Gasteiger partial charge >= 0.3 is 0 Å². The van der Waals surface area contributed by atoms with E-state index in [1.165, 1.54) is 41.7 Å². The highest BCUT2D eigenvalue weighted by Crippen LogP contribution is 2.32. The van der Waals surface area contributed by atoms with Gasteiger partial charge in [0.05, 0.1) is 0 Å². The molecule has 0 fully saturated rings. The molecule has 0 aliphatic heterocycles. The van der Waals surface area contributed by atoms with E-state index in [4.69, 9.17) is 5.26 Å². The van der Waals surface area contributed by atoms with E-state index >= 15 is 0 Å². The van der Waals surface area contributed by atoms with Crippen molar-refractivity contribution in [1.82, 2.24) is 0 Å². The molecule has 162 valence electrons. The summed E-state index contributed by atoms with van der Waals surface area (Å²) in [7, 11) is 0. The number of benzene rings is 3. The van der Waals surface area contributed by atoms with Crippen LogP contribution < -0.4 is 0 Å². The molecule has 1 aliphatic rings. The summed E-state index contributed by atoms with van der Waals surface area (Å²) in [6.45, 7) is 2.19. The number of rotatable bonds is 7. The van der Waals surface area contributed by atoms with Gasteiger partial charge in [-0.2, -0.15) is 5.26 Å². The largest absolute Gasteiger partial charge is 0.207 e. The first kappa shape index (κ1) is 21.9. The van der Waals surface area contributed by atoms with Gasteiger partial charge in [0.25, 0.3) is 0 Å². The summed E-state index contributed by atoms with van der Waals surface area (Å²) >= 11 is 0. The van der Waals surface area contributed by atoms with E-state index in [0.717, 1.165) is 36.1 Å². The lowest BCUT2D eigenvalue weighted by Crippen LogP contribution is -1.99. The minimum absolute atomic E-state index is 0.279. The Morgan fingerprint density at radius 2 is 1.56 bits per heavy atom. The standard InChI is InChI=1S/C28H24F3N/c1-2-3-4-18-11-21-9-10-22(15-24(21)12-18)23-8-7-20(26(29)16-23)6-5-19-13-27(30)25(17-32)28(31)14-19/h7-11,13-16H,2-6,12H2,1H3. The number of nitrogens with zero attached hydrogens (tertiary/aromatic N) is 1. The Kier molecular flexibility index (Phi) is 6.46. The molecular formula is C28H24F3N. The van der Waals surface area contributed by atoms with Crippen molar-refractivity contribution in [2.45, 2.75) is 45.4 Å². The molecule has 4 heteroatoms. The average Bonchev–Trinajstić information content (AvgIpc) is 3.18. The second-order valence-electron chi connectivity index (χ2n) is 8.35. The number of hydrogen-bond donors (Lipinski definition) is 0. The van der Waals surface area contributed by atoms with Gasteiger partial charge in [0.1, 0.15) is 29.1 Å². The number of halogens is 3. The highest BCUT2D eigenvalue weighted by molar-refractivity contribution is 5.72. The third-order valence-electron chi connectivity index (χ3n) is 6.05. The van der Waals surface area contributed by atoms with Gasteiger partial charge in [-0.1, -0.05) is 55.3 Å². The fourth-order valence-corrected chi connectivity index (χ4v) is 4.24. The Bertz CT molecular complexity index is 1210. The number of hydrogen-bond acceptors (Lipinski definition) is 1. The summed E-state index contributed by atoms with van der Waals surface area (Å²) < 4.78 is 42.4. The first-order valence-electron chi connectivity index (χ1n) is 11.0. The molecule has 0 aromatic heterocycles. The molecule has 0 radical (unpaired) electrons. The molecule has 0 saturated carbocycles. The summed E-state index contributed by atoms with van der Waals surface area (Å²) in [5.41, 5.74) is 6.07. The maximum atomic E-state index is 14.8. The maximum Gasteiger partial charge on any atom is 0.144 e. The van der Waals surface area contributed by atoms with Crippen LogP contribution in [-0.4, -0.2) is 0 Å². The smallest absolute Gasteiger partial charge is 0.144 e. The van der Waals surface area contributed by atoms with Crippen molar-refractivity contribution in [3.8, 4) is 17.2 Å². The first-order valence-corrected chi connectivity index (χ1v) is 11.0. The van der Waals surface area contributed by atoms with Crippen molar-refractivity contribution < 1.29 is 13.2 Å². The molecule has 0 heterocycles. The number of allylic oxidation sites excluding steroid dienone is 1. The van der Waals surface area contributed by atoms with E-state index in [1.54, 1.807) is 6.07 Å². The molecule has 0 N–H and O–H groups in total. The van der Waals surface area contributed by atoms with Gasteiger partial charge in [0, 0.05) is 0 Å². The summed E-state index contributed by atoms with van der Waals surface area (Å²) in [5.74, 6) is -2.11. The Morgan fingerprint density at radius 3 is 2.25 bits per heavy atom. The molecule has 3 aromatic carbocycles. The van der Waals surface area contributed by atoms with Crippen LogP contribution in [0.1, 0.15) is 54.0 Å². The van der Waals surface area contributed by atoms with Gasteiger partial charge < -0.3 is 0 Å². The van der Waals surface area contributed by atoms with Crippen LogP contribution in [0.2, 0.25) is 0 Å². The second-order valence-corrected chi connectivity index (χ2v) is 8.35. The Morgan fingerprint density at radius 1 is 0.844 bits per heavy atom. The van der Waals surface area contributed by atoms with Crippen LogP contribution in [0.4, 0.5) is 13.2 Å². The van der Waals surface area contributed by atoms with Crippen molar-refractivity contribution in [3.05, 3.63) is 99.4 Å². The van der Waals surface area contributed by atoms with Crippen LogP contribution in [0.15, 0.2) is 54.1 Å². The van der Waals surface area contributed by atoms with E-state index in [1.807, 2.05) is 12.1 Å². The summed E-state index contributed by atoms with van der Waals surface area (Å²) in [6.07, 6.45) is 7.32. The molecule has 1 aliphatic carbocycles. The van der Waals surface area contributed by atoms with Gasteiger partial charge in [-0.3, -0.25) is 0 Å². The van der Waals surface area contributed by atoms with Gasteiger partial charge in [0.2, 0.25) is 0 Å². The fraction of sp³-hybridized carbons (Fsp3) is 0.250. The maximum absolute atomic E-state index is 14.8. The van der Waals surface area contributed by atoms with E-state index in [2.05, 4.69) is 25.1 Å². The van der Waals surface area contributed by atoms with Gasteiger partial charge in [0.15, 0.2) is 0 Å². The van der Waals surface area contributed by atoms with Gasteiger partial charge in [-0.25, -0.2) is 13.2 Å². The van der Waals surface area contributed by atoms with Crippen molar-refractivity contribution >= 4 is 6.08 Å². The monoisotopic (exact) mass is 431 g/mol. The normalized spacial score (nSPS) is 12.4. The van der Waals surface area contributed by atoms with E-state index in [9.17, 15) is 13.2 Å². The zero-order valence-corrected chi connectivity index (χ0v) is 18.0. The summed E-state index contributed by atoms with van der Waals surface area (Å²) in [4.78, 5) is 0. The third-order valence-corrected chi connectivity index (χ3v) is 6.05. The molecule has 4 rings (SSSR count). The Labute approximate surface area is 186 Å². The van der Waals surface area contributed by atoms with Crippen LogP contribution in [0.25, 0.3) is 17.2 Å². The minimum Gasteiger partial charge on any atom is -0.207 e. The van der Waals surface area contributed by atoms with Crippen LogP contribution in [0.5, 0.6) is 0 Å². The fourth-order valence-electron chi connectivity index (χ4n) is 4.24. The van der Waals surface area contributed by atoms with Gasteiger partial charge in [-0.15, -0.1) is 0 Å². The molecule has 3 aromatic rings. The molecular weight excluding hydrogens is 407 g/mol. The van der Waals surface area contributed by atoms with Gasteiger partial charge in [-0.05, 0) is 83.7 Å². The van der Waals surface area contributed by atoms with Crippen LogP contribution in [0.3, 0.4) is 0 Å². The predicted molar refractivity (Wildman–Crippen MR) is 122 cm³/mol. The van der Waals surface area contributed by atoms with Crippen molar-refractivity contribution in [2.75, 3.05) is 0 Å². The number of unbranched alkanes of at least 4 members (excludes halogenated alkanes) is 1. The number of fused-ring (bicyclic) bond motifs is 1. The first-order chi connectivity index (χ1) is 15.5. The van der Waals surface area contributed by atoms with E-state index in [-0.39, 0.29) is 12.2 Å². The van der Waals surface area contributed by atoms with Crippen molar-refractivity contribution in [2.24, 2.45) is 0 Å². The van der Waals surface area contributed by atoms with Crippen LogP contribution >= 0.6 is 0 Å². The molecule has 0 amide bonds. The van der Waals surface area contributed by atoms with E-state index in [0.29, 0.717) is 17.5 Å². The lowest BCUT2D eigenvalue weighted by molar-refractivity contribution is 0.572. The predicted octanol–water partition coefficient (Wildman–Crippen LogP) is 7.56. The van der Waals surface area contributed by atoms with E-state index < -0.39 is 17.2 Å². The van der Waals surface area contributed by atoms with Crippen molar-refractivity contribution in [3.63, 3.8) is 0 Å². The molecule has 0 bridgehead atoms. The number of aryl methyl sites for hydroxylation is 2. The molecule has 0 saturated heterocycles. The highest BCUT2D eigenvalue weighted by Gasteiger charge is 2.15. The van der Waals surface area contributed by atoms with Crippen LogP contribution in [0, 0.1) is 28.8 Å². The van der Waals surface area contributed by atoms with Crippen molar-refractivity contribution in [1.29, 1.82) is 5.26 Å². The summed E-state index contributed by atoms with van der Waals surface area (Å²) in [5, 5.41) is 8.77. The third kappa shape index (κ3) is 4.62. The molecule has 0 atom stereocenters.